The van der Waals surface area contributed by atoms with Gasteiger partial charge in [-0.2, -0.15) is 0 Å². The smallest absolute Gasteiger partial charge is 0.111 e. The zero-order valence-electron chi connectivity index (χ0n) is 12.8. The van der Waals surface area contributed by atoms with Crippen molar-refractivity contribution in [3.63, 3.8) is 0 Å². The number of imidazole rings is 1. The summed E-state index contributed by atoms with van der Waals surface area (Å²) in [4.78, 5) is 4.78. The molecule has 0 bridgehead atoms. The van der Waals surface area contributed by atoms with Crippen LogP contribution in [-0.4, -0.2) is 16.6 Å². The molecule has 2 aromatic carbocycles. The summed E-state index contributed by atoms with van der Waals surface area (Å²) in [5.74, 6) is 1.11. The van der Waals surface area contributed by atoms with Gasteiger partial charge in [0.25, 0.3) is 0 Å². The molecule has 21 heavy (non-hydrogen) atoms. The van der Waals surface area contributed by atoms with Gasteiger partial charge in [-0.3, -0.25) is 0 Å². The Labute approximate surface area is 125 Å². The standard InChI is InChI=1S/C18H21N3/c1-13-8-4-5-9-14(13)16(19-2)12-18-20-15-10-6-7-11-17(15)21(18)3/h4-11,16,19H,12H2,1-3H3. The topological polar surface area (TPSA) is 29.9 Å². The molecule has 0 aliphatic rings. The first-order valence-electron chi connectivity index (χ1n) is 7.34. The molecule has 3 aromatic rings. The molecule has 0 amide bonds. The molecule has 1 unspecified atom stereocenters. The third-order valence-electron chi connectivity index (χ3n) is 4.18. The third kappa shape index (κ3) is 2.57. The van der Waals surface area contributed by atoms with Crippen molar-refractivity contribution in [2.45, 2.75) is 19.4 Å². The second-order valence-corrected chi connectivity index (χ2v) is 5.48. The van der Waals surface area contributed by atoms with E-state index in [4.69, 9.17) is 4.98 Å². The number of hydrogen-bond donors (Lipinski definition) is 1. The Hall–Kier alpha value is -2.13. The first kappa shape index (κ1) is 13.8. The molecule has 0 spiro atoms. The number of likely N-dealkylation sites (N-methyl/N-ethyl adjacent to an activating group) is 1. The average Bonchev–Trinajstić information content (AvgIpc) is 2.82. The first-order valence-corrected chi connectivity index (χ1v) is 7.34. The van der Waals surface area contributed by atoms with Crippen molar-refractivity contribution < 1.29 is 0 Å². The molecule has 0 fully saturated rings. The summed E-state index contributed by atoms with van der Waals surface area (Å²) in [6.07, 6.45) is 0.881. The molecule has 0 aliphatic carbocycles. The van der Waals surface area contributed by atoms with E-state index in [1.165, 1.54) is 16.6 Å². The van der Waals surface area contributed by atoms with Gasteiger partial charge < -0.3 is 9.88 Å². The van der Waals surface area contributed by atoms with Gasteiger partial charge in [0.15, 0.2) is 0 Å². The highest BCUT2D eigenvalue weighted by atomic mass is 15.1. The molecule has 0 saturated carbocycles. The number of hydrogen-bond acceptors (Lipinski definition) is 2. The van der Waals surface area contributed by atoms with Gasteiger partial charge in [0.2, 0.25) is 0 Å². The third-order valence-corrected chi connectivity index (χ3v) is 4.18. The molecular weight excluding hydrogens is 258 g/mol. The van der Waals surface area contributed by atoms with Crippen LogP contribution in [0.15, 0.2) is 48.5 Å². The van der Waals surface area contributed by atoms with Crippen LogP contribution in [0.4, 0.5) is 0 Å². The van der Waals surface area contributed by atoms with Crippen molar-refractivity contribution in [1.29, 1.82) is 0 Å². The zero-order chi connectivity index (χ0) is 14.8. The van der Waals surface area contributed by atoms with E-state index in [9.17, 15) is 0 Å². The van der Waals surface area contributed by atoms with Crippen LogP contribution in [0, 0.1) is 6.92 Å². The molecule has 1 aromatic heterocycles. The maximum atomic E-state index is 4.78. The number of rotatable bonds is 4. The Balaban J connectivity index is 1.96. The van der Waals surface area contributed by atoms with E-state index in [1.807, 2.05) is 13.1 Å². The molecule has 108 valence electrons. The molecule has 0 radical (unpaired) electrons. The second-order valence-electron chi connectivity index (χ2n) is 5.48. The van der Waals surface area contributed by atoms with Crippen molar-refractivity contribution in [3.05, 3.63) is 65.5 Å². The highest BCUT2D eigenvalue weighted by molar-refractivity contribution is 5.75. The van der Waals surface area contributed by atoms with E-state index in [-0.39, 0.29) is 6.04 Å². The fraction of sp³-hybridized carbons (Fsp3) is 0.278. The number of para-hydroxylation sites is 2. The fourth-order valence-electron chi connectivity index (χ4n) is 2.91. The van der Waals surface area contributed by atoms with Crippen molar-refractivity contribution in [1.82, 2.24) is 14.9 Å². The lowest BCUT2D eigenvalue weighted by atomic mass is 9.99. The number of fused-ring (bicyclic) bond motifs is 1. The maximum absolute atomic E-state index is 4.78. The molecular formula is C18H21N3. The van der Waals surface area contributed by atoms with Gasteiger partial charge in [-0.25, -0.2) is 4.98 Å². The van der Waals surface area contributed by atoms with Crippen LogP contribution in [0.1, 0.15) is 23.0 Å². The van der Waals surface area contributed by atoms with Crippen molar-refractivity contribution in [2.75, 3.05) is 7.05 Å². The van der Waals surface area contributed by atoms with Crippen LogP contribution in [0.2, 0.25) is 0 Å². The van der Waals surface area contributed by atoms with E-state index in [0.717, 1.165) is 17.8 Å². The van der Waals surface area contributed by atoms with E-state index in [0.29, 0.717) is 0 Å². The Morgan fingerprint density at radius 2 is 1.81 bits per heavy atom. The first-order chi connectivity index (χ1) is 10.2. The summed E-state index contributed by atoms with van der Waals surface area (Å²) in [7, 11) is 4.11. The predicted molar refractivity (Wildman–Crippen MR) is 87.4 cm³/mol. The molecule has 1 heterocycles. The molecule has 0 aliphatic heterocycles. The van der Waals surface area contributed by atoms with Crippen molar-refractivity contribution in [2.24, 2.45) is 7.05 Å². The predicted octanol–water partition coefficient (Wildman–Crippen LogP) is 3.38. The van der Waals surface area contributed by atoms with Crippen LogP contribution < -0.4 is 5.32 Å². The minimum absolute atomic E-state index is 0.279. The van der Waals surface area contributed by atoms with Gasteiger partial charge in [0, 0.05) is 19.5 Å². The molecule has 3 heteroatoms. The number of nitrogens with one attached hydrogen (secondary N) is 1. The molecule has 1 atom stereocenters. The van der Waals surface area contributed by atoms with Gasteiger partial charge >= 0.3 is 0 Å². The van der Waals surface area contributed by atoms with Gasteiger partial charge in [-0.15, -0.1) is 0 Å². The lowest BCUT2D eigenvalue weighted by molar-refractivity contribution is 0.563. The Bertz CT molecular complexity index is 758. The van der Waals surface area contributed by atoms with E-state index < -0.39 is 0 Å². The SMILES string of the molecule is CNC(Cc1nc2ccccc2n1C)c1ccccc1C. The van der Waals surface area contributed by atoms with Crippen LogP contribution in [0.25, 0.3) is 11.0 Å². The van der Waals surface area contributed by atoms with Crippen molar-refractivity contribution in [3.8, 4) is 0 Å². The van der Waals surface area contributed by atoms with Gasteiger partial charge in [0.1, 0.15) is 5.82 Å². The van der Waals surface area contributed by atoms with E-state index >= 15 is 0 Å². The normalized spacial score (nSPS) is 12.7. The summed E-state index contributed by atoms with van der Waals surface area (Å²) in [5.41, 5.74) is 4.91. The van der Waals surface area contributed by atoms with Gasteiger partial charge in [-0.1, -0.05) is 36.4 Å². The second kappa shape index (κ2) is 5.70. The van der Waals surface area contributed by atoms with Gasteiger partial charge in [-0.05, 0) is 37.2 Å². The van der Waals surface area contributed by atoms with E-state index in [2.05, 4.69) is 66.3 Å². The number of nitrogens with zero attached hydrogens (tertiary/aromatic N) is 2. The zero-order valence-corrected chi connectivity index (χ0v) is 12.8. The van der Waals surface area contributed by atoms with Gasteiger partial charge in [0.05, 0.1) is 11.0 Å². The lowest BCUT2D eigenvalue weighted by Gasteiger charge is -2.18. The molecule has 3 rings (SSSR count). The minimum atomic E-state index is 0.279. The van der Waals surface area contributed by atoms with Crippen LogP contribution in [0.3, 0.4) is 0 Å². The van der Waals surface area contributed by atoms with Crippen LogP contribution >= 0.6 is 0 Å². The summed E-state index contributed by atoms with van der Waals surface area (Å²) >= 11 is 0. The number of benzene rings is 2. The average molecular weight is 279 g/mol. The number of aryl methyl sites for hydroxylation is 2. The Morgan fingerprint density at radius 1 is 1.10 bits per heavy atom. The minimum Gasteiger partial charge on any atom is -0.331 e. The Morgan fingerprint density at radius 3 is 2.52 bits per heavy atom. The van der Waals surface area contributed by atoms with Crippen LogP contribution in [0.5, 0.6) is 0 Å². The van der Waals surface area contributed by atoms with Crippen molar-refractivity contribution >= 4 is 11.0 Å². The highest BCUT2D eigenvalue weighted by Gasteiger charge is 2.16. The summed E-state index contributed by atoms with van der Waals surface area (Å²) < 4.78 is 2.19. The monoisotopic (exact) mass is 279 g/mol. The fourth-order valence-corrected chi connectivity index (χ4v) is 2.91. The summed E-state index contributed by atoms with van der Waals surface area (Å²) in [6, 6.07) is 17.1. The largest absolute Gasteiger partial charge is 0.331 e. The summed E-state index contributed by atoms with van der Waals surface area (Å²) in [5, 5.41) is 3.43. The summed E-state index contributed by atoms with van der Waals surface area (Å²) in [6.45, 7) is 2.16. The maximum Gasteiger partial charge on any atom is 0.111 e. The highest BCUT2D eigenvalue weighted by Crippen LogP contribution is 2.23. The number of aromatic nitrogens is 2. The molecule has 1 N–H and O–H groups in total. The van der Waals surface area contributed by atoms with Crippen LogP contribution in [-0.2, 0) is 13.5 Å². The molecule has 0 saturated heterocycles. The Kier molecular flexibility index (Phi) is 3.76. The van der Waals surface area contributed by atoms with E-state index in [1.54, 1.807) is 0 Å². The lowest BCUT2D eigenvalue weighted by Crippen LogP contribution is -2.21. The molecule has 3 nitrogen and oxygen atoms in total. The quantitative estimate of drug-likeness (QED) is 0.793.